The van der Waals surface area contributed by atoms with Gasteiger partial charge >= 0.3 is 0 Å². The van der Waals surface area contributed by atoms with E-state index in [2.05, 4.69) is 44.8 Å². The van der Waals surface area contributed by atoms with Crippen molar-refractivity contribution in [3.63, 3.8) is 0 Å². The first-order chi connectivity index (χ1) is 14.3. The van der Waals surface area contributed by atoms with E-state index in [0.29, 0.717) is 6.61 Å². The Labute approximate surface area is 176 Å². The van der Waals surface area contributed by atoms with Gasteiger partial charge in [-0.15, -0.1) is 0 Å². The second-order valence-corrected chi connectivity index (χ2v) is 8.10. The highest BCUT2D eigenvalue weighted by Crippen LogP contribution is 2.35. The summed E-state index contributed by atoms with van der Waals surface area (Å²) in [5, 5.41) is 7.09. The van der Waals surface area contributed by atoms with Crippen molar-refractivity contribution in [1.29, 1.82) is 0 Å². The SMILES string of the molecule is CCOc1ccc(C2(CNC(=NC)NCCN3CCCCC3)CCOCC2)cc1. The Hall–Kier alpha value is -1.79. The average molecular weight is 403 g/mol. The fourth-order valence-electron chi connectivity index (χ4n) is 4.39. The van der Waals surface area contributed by atoms with E-state index in [-0.39, 0.29) is 5.41 Å². The number of ether oxygens (including phenoxy) is 2. The van der Waals surface area contributed by atoms with Crippen molar-refractivity contribution in [1.82, 2.24) is 15.5 Å². The van der Waals surface area contributed by atoms with E-state index in [9.17, 15) is 0 Å². The van der Waals surface area contributed by atoms with Crippen LogP contribution in [0, 0.1) is 0 Å². The molecule has 1 aromatic rings. The Kier molecular flexibility index (Phi) is 8.62. The minimum Gasteiger partial charge on any atom is -0.494 e. The number of aliphatic imine (C=N–C) groups is 1. The van der Waals surface area contributed by atoms with Crippen LogP contribution < -0.4 is 15.4 Å². The number of nitrogens with one attached hydrogen (secondary N) is 2. The number of benzene rings is 1. The van der Waals surface area contributed by atoms with Crippen LogP contribution in [0.5, 0.6) is 5.75 Å². The molecule has 0 aliphatic carbocycles. The van der Waals surface area contributed by atoms with Gasteiger partial charge in [-0.25, -0.2) is 0 Å². The molecule has 0 amide bonds. The molecule has 2 heterocycles. The molecular weight excluding hydrogens is 364 g/mol. The largest absolute Gasteiger partial charge is 0.494 e. The Morgan fingerprint density at radius 2 is 1.83 bits per heavy atom. The fraction of sp³-hybridized carbons (Fsp3) is 0.696. The van der Waals surface area contributed by atoms with Gasteiger partial charge in [0.15, 0.2) is 5.96 Å². The molecule has 0 spiro atoms. The molecule has 2 aliphatic heterocycles. The standard InChI is InChI=1S/C23H38N4O2/c1-3-29-21-9-7-20(8-10-21)23(11-17-28-18-12-23)19-26-22(24-2)25-13-16-27-14-5-4-6-15-27/h7-10H,3-6,11-19H2,1-2H3,(H2,24,25,26). The third-order valence-corrected chi connectivity index (χ3v) is 6.21. The summed E-state index contributed by atoms with van der Waals surface area (Å²) in [6.07, 6.45) is 6.07. The average Bonchev–Trinajstić information content (AvgIpc) is 2.78. The van der Waals surface area contributed by atoms with Crippen molar-refractivity contribution in [2.75, 3.05) is 59.6 Å². The van der Waals surface area contributed by atoms with Crippen LogP contribution in [0.2, 0.25) is 0 Å². The van der Waals surface area contributed by atoms with Gasteiger partial charge in [0.25, 0.3) is 0 Å². The van der Waals surface area contributed by atoms with Crippen LogP contribution in [0.15, 0.2) is 29.3 Å². The zero-order valence-corrected chi connectivity index (χ0v) is 18.2. The number of guanidine groups is 1. The molecule has 162 valence electrons. The van der Waals surface area contributed by atoms with Crippen molar-refractivity contribution in [2.24, 2.45) is 4.99 Å². The van der Waals surface area contributed by atoms with Gasteiger partial charge < -0.3 is 25.0 Å². The third kappa shape index (κ3) is 6.34. The molecule has 2 aliphatic rings. The molecule has 2 N–H and O–H groups in total. The van der Waals surface area contributed by atoms with E-state index >= 15 is 0 Å². The zero-order chi connectivity index (χ0) is 20.4. The Balaban J connectivity index is 1.55. The normalized spacial score (nSPS) is 20.3. The summed E-state index contributed by atoms with van der Waals surface area (Å²) < 4.78 is 11.3. The van der Waals surface area contributed by atoms with Gasteiger partial charge in [0, 0.05) is 45.3 Å². The molecular formula is C23H38N4O2. The summed E-state index contributed by atoms with van der Waals surface area (Å²) in [5.41, 5.74) is 1.41. The Bertz CT molecular complexity index is 620. The lowest BCUT2D eigenvalue weighted by Crippen LogP contribution is -2.49. The molecule has 29 heavy (non-hydrogen) atoms. The van der Waals surface area contributed by atoms with E-state index in [0.717, 1.165) is 57.4 Å². The molecule has 6 heteroatoms. The maximum atomic E-state index is 5.67. The van der Waals surface area contributed by atoms with Gasteiger partial charge in [-0.05, 0) is 63.4 Å². The van der Waals surface area contributed by atoms with E-state index in [4.69, 9.17) is 9.47 Å². The molecule has 0 bridgehead atoms. The molecule has 1 aromatic carbocycles. The Morgan fingerprint density at radius 3 is 2.48 bits per heavy atom. The van der Waals surface area contributed by atoms with Crippen molar-refractivity contribution in [3.05, 3.63) is 29.8 Å². The number of hydrogen-bond acceptors (Lipinski definition) is 4. The van der Waals surface area contributed by atoms with E-state index in [1.807, 2.05) is 14.0 Å². The molecule has 2 fully saturated rings. The summed E-state index contributed by atoms with van der Waals surface area (Å²) in [5.74, 6) is 1.82. The van der Waals surface area contributed by atoms with Gasteiger partial charge in [-0.2, -0.15) is 0 Å². The fourth-order valence-corrected chi connectivity index (χ4v) is 4.39. The first kappa shape index (κ1) is 21.9. The van der Waals surface area contributed by atoms with Gasteiger partial charge in [-0.3, -0.25) is 4.99 Å². The molecule has 0 atom stereocenters. The molecule has 0 saturated carbocycles. The molecule has 3 rings (SSSR count). The molecule has 0 aromatic heterocycles. The number of piperidine rings is 1. The van der Waals surface area contributed by atoms with E-state index in [1.54, 1.807) is 0 Å². The number of hydrogen-bond donors (Lipinski definition) is 2. The maximum absolute atomic E-state index is 5.67. The third-order valence-electron chi connectivity index (χ3n) is 6.21. The maximum Gasteiger partial charge on any atom is 0.191 e. The molecule has 0 radical (unpaired) electrons. The topological polar surface area (TPSA) is 58.1 Å². The van der Waals surface area contributed by atoms with Crippen LogP contribution in [0.25, 0.3) is 0 Å². The molecule has 6 nitrogen and oxygen atoms in total. The second-order valence-electron chi connectivity index (χ2n) is 8.10. The zero-order valence-electron chi connectivity index (χ0n) is 18.2. The smallest absolute Gasteiger partial charge is 0.191 e. The van der Waals surface area contributed by atoms with E-state index in [1.165, 1.54) is 37.9 Å². The van der Waals surface area contributed by atoms with Gasteiger partial charge in [0.1, 0.15) is 5.75 Å². The highest BCUT2D eigenvalue weighted by atomic mass is 16.5. The second kappa shape index (κ2) is 11.4. The summed E-state index contributed by atoms with van der Waals surface area (Å²) in [7, 11) is 1.85. The molecule has 0 unspecified atom stereocenters. The quantitative estimate of drug-likeness (QED) is 0.517. The summed E-state index contributed by atoms with van der Waals surface area (Å²) >= 11 is 0. The lowest BCUT2D eigenvalue weighted by molar-refractivity contribution is 0.0513. The number of likely N-dealkylation sites (tertiary alicyclic amines) is 1. The predicted molar refractivity (Wildman–Crippen MR) is 119 cm³/mol. The minimum absolute atomic E-state index is 0.0630. The van der Waals surface area contributed by atoms with Gasteiger partial charge in [0.05, 0.1) is 6.61 Å². The highest BCUT2D eigenvalue weighted by Gasteiger charge is 2.34. The highest BCUT2D eigenvalue weighted by molar-refractivity contribution is 5.79. The lowest BCUT2D eigenvalue weighted by Gasteiger charge is -2.38. The van der Waals surface area contributed by atoms with Crippen LogP contribution in [-0.4, -0.2) is 70.5 Å². The van der Waals surface area contributed by atoms with Crippen LogP contribution in [0.4, 0.5) is 0 Å². The van der Waals surface area contributed by atoms with Crippen LogP contribution in [-0.2, 0) is 10.2 Å². The first-order valence-corrected chi connectivity index (χ1v) is 11.2. The van der Waals surface area contributed by atoms with Crippen LogP contribution in [0.3, 0.4) is 0 Å². The monoisotopic (exact) mass is 402 g/mol. The number of nitrogens with zero attached hydrogens (tertiary/aromatic N) is 2. The van der Waals surface area contributed by atoms with Crippen LogP contribution >= 0.6 is 0 Å². The Morgan fingerprint density at radius 1 is 1.10 bits per heavy atom. The van der Waals surface area contributed by atoms with Gasteiger partial charge in [0.2, 0.25) is 0 Å². The van der Waals surface area contributed by atoms with E-state index < -0.39 is 0 Å². The summed E-state index contributed by atoms with van der Waals surface area (Å²) in [4.78, 5) is 6.99. The van der Waals surface area contributed by atoms with Crippen LogP contribution in [0.1, 0.15) is 44.6 Å². The first-order valence-electron chi connectivity index (χ1n) is 11.2. The van der Waals surface area contributed by atoms with Crippen molar-refractivity contribution in [2.45, 2.75) is 44.4 Å². The summed E-state index contributed by atoms with van der Waals surface area (Å²) in [6.45, 7) is 9.64. The summed E-state index contributed by atoms with van der Waals surface area (Å²) in [6, 6.07) is 8.60. The lowest BCUT2D eigenvalue weighted by atomic mass is 9.74. The van der Waals surface area contributed by atoms with Crippen molar-refractivity contribution in [3.8, 4) is 5.75 Å². The van der Waals surface area contributed by atoms with Crippen molar-refractivity contribution < 1.29 is 9.47 Å². The van der Waals surface area contributed by atoms with Gasteiger partial charge in [-0.1, -0.05) is 18.6 Å². The molecule has 2 saturated heterocycles. The number of rotatable bonds is 8. The van der Waals surface area contributed by atoms with Crippen molar-refractivity contribution >= 4 is 5.96 Å². The predicted octanol–water partition coefficient (Wildman–Crippen LogP) is 2.78. The minimum atomic E-state index is 0.0630.